The molecule has 1 saturated heterocycles. The normalized spacial score (nSPS) is 15.9. The van der Waals surface area contributed by atoms with Crippen LogP contribution < -0.4 is 15.5 Å². The Morgan fingerprint density at radius 3 is 2.53 bits per heavy atom. The van der Waals surface area contributed by atoms with Gasteiger partial charge in [0.05, 0.1) is 17.8 Å². The van der Waals surface area contributed by atoms with Gasteiger partial charge in [-0.3, -0.25) is 0 Å². The van der Waals surface area contributed by atoms with Gasteiger partial charge in [-0.1, -0.05) is 18.2 Å². The quantitative estimate of drug-likeness (QED) is 0.301. The number of halogens is 1. The van der Waals surface area contributed by atoms with Crippen molar-refractivity contribution in [3.8, 4) is 0 Å². The number of nitrogens with zero attached hydrogens (tertiary/aromatic N) is 4. The summed E-state index contributed by atoms with van der Waals surface area (Å²) in [6.45, 7) is 6.12. The first kappa shape index (κ1) is 26.6. The molecule has 1 aliphatic rings. The number of rotatable bonds is 7. The molecule has 1 aromatic heterocycles. The number of fused-ring (bicyclic) bond motifs is 1. The average molecular weight is 575 g/mol. The summed E-state index contributed by atoms with van der Waals surface area (Å²) in [5, 5.41) is 7.92. The fraction of sp³-hybridized carbons (Fsp3) is 0.545. The van der Waals surface area contributed by atoms with Gasteiger partial charge in [-0.2, -0.15) is 0 Å². The predicted molar refractivity (Wildman–Crippen MR) is 143 cm³/mol. The maximum Gasteiger partial charge on any atom is 0.213 e. The van der Waals surface area contributed by atoms with Crippen LogP contribution in [0.3, 0.4) is 0 Å². The van der Waals surface area contributed by atoms with Crippen molar-refractivity contribution in [2.24, 2.45) is 4.99 Å². The summed E-state index contributed by atoms with van der Waals surface area (Å²) < 4.78 is 25.8. The maximum atomic E-state index is 12.1. The summed E-state index contributed by atoms with van der Waals surface area (Å²) in [7, 11) is 0.862. The number of aromatic nitrogens is 1. The SMILES string of the molecule is CCNC(=NCc1cc(N(C)C)nc2ccccc12)NC1CCN(S(=O)(=O)CC)CC1.I. The fourth-order valence-corrected chi connectivity index (χ4v) is 4.86. The molecule has 2 heterocycles. The number of guanidine groups is 1. The molecular weight excluding hydrogens is 539 g/mol. The Kier molecular flexibility index (Phi) is 9.96. The highest BCUT2D eigenvalue weighted by Crippen LogP contribution is 2.23. The van der Waals surface area contributed by atoms with Crippen molar-refractivity contribution in [1.29, 1.82) is 0 Å². The molecule has 0 bridgehead atoms. The molecule has 0 unspecified atom stereocenters. The van der Waals surface area contributed by atoms with E-state index in [9.17, 15) is 8.42 Å². The van der Waals surface area contributed by atoms with Gasteiger partial charge >= 0.3 is 0 Å². The highest BCUT2D eigenvalue weighted by Gasteiger charge is 2.27. The van der Waals surface area contributed by atoms with E-state index < -0.39 is 10.0 Å². The molecular formula is C22H35IN6O2S. The lowest BCUT2D eigenvalue weighted by Crippen LogP contribution is -2.50. The molecule has 0 aliphatic carbocycles. The smallest absolute Gasteiger partial charge is 0.213 e. The standard InChI is InChI=1S/C22H34N6O2S.HI/c1-5-23-22(25-18-11-13-28(14-12-18)31(29,30)6-2)24-16-17-15-21(27(3)4)26-20-10-8-7-9-19(17)20;/h7-10,15,18H,5-6,11-14,16H2,1-4H3,(H2,23,24,25);1H. The summed E-state index contributed by atoms with van der Waals surface area (Å²) >= 11 is 0. The summed E-state index contributed by atoms with van der Waals surface area (Å²) in [4.78, 5) is 11.5. The first-order valence-electron chi connectivity index (χ1n) is 10.9. The zero-order valence-electron chi connectivity index (χ0n) is 19.3. The van der Waals surface area contributed by atoms with Crippen molar-refractivity contribution in [1.82, 2.24) is 19.9 Å². The zero-order chi connectivity index (χ0) is 22.4. The topological polar surface area (TPSA) is 89.9 Å². The van der Waals surface area contributed by atoms with Gasteiger partial charge in [0.25, 0.3) is 0 Å². The highest BCUT2D eigenvalue weighted by atomic mass is 127. The molecule has 0 saturated carbocycles. The second-order valence-corrected chi connectivity index (χ2v) is 10.2. The molecule has 10 heteroatoms. The second kappa shape index (κ2) is 12.0. The number of benzene rings is 1. The highest BCUT2D eigenvalue weighted by molar-refractivity contribution is 14.0. The van der Waals surface area contributed by atoms with E-state index in [-0.39, 0.29) is 35.8 Å². The largest absolute Gasteiger partial charge is 0.363 e. The van der Waals surface area contributed by atoms with E-state index in [1.807, 2.05) is 44.1 Å². The summed E-state index contributed by atoms with van der Waals surface area (Å²) in [6, 6.07) is 10.4. The van der Waals surface area contributed by atoms with E-state index in [1.165, 1.54) is 0 Å². The minimum Gasteiger partial charge on any atom is -0.363 e. The Balaban J connectivity index is 0.00000363. The summed E-state index contributed by atoms with van der Waals surface area (Å²) in [5.74, 6) is 1.82. The third-order valence-electron chi connectivity index (χ3n) is 5.55. The number of aliphatic imine (C=N–C) groups is 1. The number of hydrogen-bond donors (Lipinski definition) is 2. The van der Waals surface area contributed by atoms with Crippen molar-refractivity contribution in [3.63, 3.8) is 0 Å². The van der Waals surface area contributed by atoms with Crippen LogP contribution >= 0.6 is 24.0 Å². The van der Waals surface area contributed by atoms with E-state index >= 15 is 0 Å². The number of nitrogens with one attached hydrogen (secondary N) is 2. The number of pyridine rings is 1. The van der Waals surface area contributed by atoms with Gasteiger partial charge < -0.3 is 15.5 Å². The van der Waals surface area contributed by atoms with Gasteiger partial charge in [0.15, 0.2) is 5.96 Å². The molecule has 1 fully saturated rings. The Labute approximate surface area is 208 Å². The van der Waals surface area contributed by atoms with Crippen molar-refractivity contribution < 1.29 is 8.42 Å². The summed E-state index contributed by atoms with van der Waals surface area (Å²) in [6.07, 6.45) is 1.54. The molecule has 2 N–H and O–H groups in total. The van der Waals surface area contributed by atoms with Crippen molar-refractivity contribution >= 4 is 56.7 Å². The molecule has 1 aromatic carbocycles. The van der Waals surface area contributed by atoms with Gasteiger partial charge in [-0.05, 0) is 44.4 Å². The molecule has 8 nitrogen and oxygen atoms in total. The van der Waals surface area contributed by atoms with Crippen LogP contribution in [-0.2, 0) is 16.6 Å². The Morgan fingerprint density at radius 2 is 1.91 bits per heavy atom. The van der Waals surface area contributed by atoms with Crippen molar-refractivity contribution in [2.75, 3.05) is 44.4 Å². The molecule has 32 heavy (non-hydrogen) atoms. The molecule has 0 radical (unpaired) electrons. The number of hydrogen-bond acceptors (Lipinski definition) is 5. The Morgan fingerprint density at radius 1 is 1.22 bits per heavy atom. The molecule has 0 spiro atoms. The first-order chi connectivity index (χ1) is 14.8. The third kappa shape index (κ3) is 6.67. The van der Waals surface area contributed by atoms with Gasteiger partial charge in [-0.25, -0.2) is 22.7 Å². The Bertz CT molecular complexity index is 1020. The molecule has 2 aromatic rings. The van der Waals surface area contributed by atoms with Crippen molar-refractivity contribution in [2.45, 2.75) is 39.3 Å². The van der Waals surface area contributed by atoms with Gasteiger partial charge in [-0.15, -0.1) is 24.0 Å². The van der Waals surface area contributed by atoms with Crippen LogP contribution in [0.4, 0.5) is 5.82 Å². The van der Waals surface area contributed by atoms with E-state index in [0.717, 1.165) is 47.6 Å². The molecule has 0 amide bonds. The fourth-order valence-electron chi connectivity index (χ4n) is 3.73. The van der Waals surface area contributed by atoms with Crippen LogP contribution in [0.2, 0.25) is 0 Å². The molecule has 0 atom stereocenters. The van der Waals surface area contributed by atoms with E-state index in [1.54, 1.807) is 11.2 Å². The van der Waals surface area contributed by atoms with Crippen LogP contribution in [0.1, 0.15) is 32.3 Å². The molecule has 3 rings (SSSR count). The van der Waals surface area contributed by atoms with Crippen LogP contribution in [-0.4, -0.2) is 69.2 Å². The second-order valence-electron chi connectivity index (χ2n) is 7.96. The number of para-hydroxylation sites is 1. The van der Waals surface area contributed by atoms with Crippen LogP contribution in [0, 0.1) is 0 Å². The van der Waals surface area contributed by atoms with Crippen molar-refractivity contribution in [3.05, 3.63) is 35.9 Å². The summed E-state index contributed by atoms with van der Waals surface area (Å²) in [5.41, 5.74) is 2.08. The Hall–Kier alpha value is -1.66. The number of sulfonamides is 1. The third-order valence-corrected chi connectivity index (χ3v) is 7.43. The lowest BCUT2D eigenvalue weighted by atomic mass is 10.1. The molecule has 178 valence electrons. The maximum absolute atomic E-state index is 12.1. The minimum atomic E-state index is -3.11. The number of piperidine rings is 1. The minimum absolute atomic E-state index is 0. The average Bonchev–Trinajstić information content (AvgIpc) is 2.77. The van der Waals surface area contributed by atoms with Crippen LogP contribution in [0.25, 0.3) is 10.9 Å². The van der Waals surface area contributed by atoms with Gasteiger partial charge in [0, 0.05) is 45.2 Å². The van der Waals surface area contributed by atoms with Crippen LogP contribution in [0.15, 0.2) is 35.3 Å². The molecule has 1 aliphatic heterocycles. The lowest BCUT2D eigenvalue weighted by molar-refractivity contribution is 0.306. The monoisotopic (exact) mass is 574 g/mol. The number of anilines is 1. The van der Waals surface area contributed by atoms with E-state index in [2.05, 4.69) is 22.8 Å². The lowest BCUT2D eigenvalue weighted by Gasteiger charge is -2.32. The van der Waals surface area contributed by atoms with Gasteiger partial charge in [0.1, 0.15) is 5.82 Å². The van der Waals surface area contributed by atoms with Gasteiger partial charge in [0.2, 0.25) is 10.0 Å². The first-order valence-corrected chi connectivity index (χ1v) is 12.5. The zero-order valence-corrected chi connectivity index (χ0v) is 22.5. The van der Waals surface area contributed by atoms with E-state index in [0.29, 0.717) is 19.6 Å². The van der Waals surface area contributed by atoms with Crippen LogP contribution in [0.5, 0.6) is 0 Å². The predicted octanol–water partition coefficient (Wildman–Crippen LogP) is 2.79. The van der Waals surface area contributed by atoms with E-state index in [4.69, 9.17) is 9.98 Å².